The van der Waals surface area contributed by atoms with Gasteiger partial charge in [0.1, 0.15) is 0 Å². The number of hydrogen-bond acceptors (Lipinski definition) is 0. The fourth-order valence-corrected chi connectivity index (χ4v) is 1.98. The fourth-order valence-electron chi connectivity index (χ4n) is 1.45. The molecule has 2 aromatic carbocycles. The molecule has 0 aliphatic carbocycles. The molecule has 0 aromatic heterocycles. The Balaban J connectivity index is 2.57. The van der Waals surface area contributed by atoms with Crippen LogP contribution in [0.25, 0.3) is 10.8 Å². The van der Waals surface area contributed by atoms with Crippen LogP contribution in [0.4, 0.5) is 0 Å². The summed E-state index contributed by atoms with van der Waals surface area (Å²) in [5, 5.41) is 1.88. The lowest BCUT2D eigenvalue weighted by atomic mass is 10.1. The summed E-state index contributed by atoms with van der Waals surface area (Å²) >= 11 is 29.4. The van der Waals surface area contributed by atoms with Gasteiger partial charge < -0.3 is 0 Å². The molecule has 0 saturated heterocycles. The molecule has 0 spiro atoms. The molecule has 0 unspecified atom stereocenters. The summed E-state index contributed by atoms with van der Waals surface area (Å²) in [6.45, 7) is 0. The van der Waals surface area contributed by atoms with Crippen LogP contribution in [0.1, 0.15) is 5.56 Å². The Kier molecular flexibility index (Phi) is 3.74. The average Bonchev–Trinajstić information content (AvgIpc) is 2.27. The van der Waals surface area contributed by atoms with Crippen molar-refractivity contribution < 1.29 is 0 Å². The van der Waals surface area contributed by atoms with Gasteiger partial charge in [-0.05, 0) is 16.8 Å². The van der Waals surface area contributed by atoms with Gasteiger partial charge in [-0.1, -0.05) is 94.4 Å². The van der Waals surface area contributed by atoms with Gasteiger partial charge in [-0.15, -0.1) is 0 Å². The Morgan fingerprint density at radius 1 is 0.824 bits per heavy atom. The van der Waals surface area contributed by atoms with Gasteiger partial charge in [0.2, 0.25) is 3.79 Å². The zero-order valence-corrected chi connectivity index (χ0v) is 12.1. The minimum atomic E-state index is -1.82. The van der Waals surface area contributed by atoms with E-state index in [0.717, 1.165) is 10.8 Å². The topological polar surface area (TPSA) is 0 Å². The number of rotatable bonds is 1. The van der Waals surface area contributed by atoms with Crippen LogP contribution in [0.3, 0.4) is 0 Å². The Morgan fingerprint density at radius 3 is 2.12 bits per heavy atom. The summed E-state index contributed by atoms with van der Waals surface area (Å²) in [7, 11) is 0. The van der Waals surface area contributed by atoms with Crippen molar-refractivity contribution in [3.05, 3.63) is 48.0 Å². The number of alkyl halides is 5. The van der Waals surface area contributed by atoms with E-state index < -0.39 is 8.13 Å². The monoisotopic (exact) mass is 325 g/mol. The second-order valence-electron chi connectivity index (χ2n) is 3.53. The smallest absolute Gasteiger partial charge is 0.0914 e. The van der Waals surface area contributed by atoms with Crippen LogP contribution in [0, 0.1) is 6.07 Å². The van der Waals surface area contributed by atoms with E-state index in [4.69, 9.17) is 58.0 Å². The highest BCUT2D eigenvalue weighted by Gasteiger charge is 2.47. The highest BCUT2D eigenvalue weighted by Crippen LogP contribution is 2.52. The molecule has 5 heteroatoms. The molecule has 0 aliphatic rings. The molecule has 2 aromatic rings. The van der Waals surface area contributed by atoms with E-state index in [2.05, 4.69) is 6.07 Å². The van der Waals surface area contributed by atoms with E-state index in [9.17, 15) is 0 Å². The largest absolute Gasteiger partial charge is 0.227 e. The van der Waals surface area contributed by atoms with Crippen molar-refractivity contribution in [1.29, 1.82) is 0 Å². The van der Waals surface area contributed by atoms with Crippen LogP contribution in [0.5, 0.6) is 0 Å². The summed E-state index contributed by atoms with van der Waals surface area (Å²) in [6, 6.07) is 14.3. The third kappa shape index (κ3) is 2.62. The van der Waals surface area contributed by atoms with Gasteiger partial charge in [0, 0.05) is 5.56 Å². The highest BCUT2D eigenvalue weighted by molar-refractivity contribution is 6.75. The summed E-state index contributed by atoms with van der Waals surface area (Å²) in [6.07, 6.45) is 0. The molecule has 1 radical (unpaired) electrons. The first kappa shape index (κ1) is 13.6. The van der Waals surface area contributed by atoms with Crippen molar-refractivity contribution in [2.24, 2.45) is 0 Å². The second-order valence-corrected chi connectivity index (χ2v) is 7.14. The van der Waals surface area contributed by atoms with Crippen LogP contribution < -0.4 is 0 Å². The van der Waals surface area contributed by atoms with E-state index in [-0.39, 0.29) is 0 Å². The maximum atomic E-state index is 6.08. The van der Waals surface area contributed by atoms with Gasteiger partial charge >= 0.3 is 0 Å². The summed E-state index contributed by atoms with van der Waals surface area (Å²) in [5.74, 6) is 0. The Morgan fingerprint density at radius 2 is 1.47 bits per heavy atom. The predicted molar refractivity (Wildman–Crippen MR) is 76.5 cm³/mol. The molecule has 0 saturated carbocycles. The third-order valence-corrected chi connectivity index (χ3v) is 4.76. The maximum absolute atomic E-state index is 6.08. The number of benzene rings is 2. The molecule has 17 heavy (non-hydrogen) atoms. The van der Waals surface area contributed by atoms with E-state index >= 15 is 0 Å². The van der Waals surface area contributed by atoms with Gasteiger partial charge in [-0.3, -0.25) is 0 Å². The Bertz CT molecular complexity index is 542. The van der Waals surface area contributed by atoms with Crippen LogP contribution >= 0.6 is 58.0 Å². The molecule has 0 bridgehead atoms. The Hall–Kier alpha value is 0.150. The zero-order chi connectivity index (χ0) is 12.7. The van der Waals surface area contributed by atoms with Gasteiger partial charge in [0.05, 0.1) is 0 Å². The third-order valence-electron chi connectivity index (χ3n) is 2.35. The minimum absolute atomic E-state index is 0.430. The zero-order valence-electron chi connectivity index (χ0n) is 8.35. The first-order valence-corrected chi connectivity index (χ1v) is 6.57. The molecule has 89 valence electrons. The minimum Gasteiger partial charge on any atom is -0.0914 e. The molecule has 0 aliphatic heterocycles. The summed E-state index contributed by atoms with van der Waals surface area (Å²) in [5.41, 5.74) is 0.430. The lowest BCUT2D eigenvalue weighted by Crippen LogP contribution is -2.28. The lowest BCUT2D eigenvalue weighted by molar-refractivity contribution is 0.878. The van der Waals surface area contributed by atoms with Crippen LogP contribution in [-0.4, -0.2) is 3.79 Å². The van der Waals surface area contributed by atoms with Crippen molar-refractivity contribution in [2.75, 3.05) is 0 Å². The standard InChI is InChI=1S/C12H6Cl5/c13-11(14,12(15,16)17)10-6-5-8-3-1-2-4-9(8)7-10/h1-6H. The summed E-state index contributed by atoms with van der Waals surface area (Å²) in [4.78, 5) is 0. The normalized spacial score (nSPS) is 13.0. The highest BCUT2D eigenvalue weighted by atomic mass is 35.6. The molecular formula is C12H6Cl5. The fraction of sp³-hybridized carbons (Fsp3) is 0.167. The van der Waals surface area contributed by atoms with Gasteiger partial charge in [0.15, 0.2) is 4.33 Å². The van der Waals surface area contributed by atoms with E-state index in [1.165, 1.54) is 0 Å². The number of fused-ring (bicyclic) bond motifs is 1. The van der Waals surface area contributed by atoms with Crippen LogP contribution in [0.2, 0.25) is 0 Å². The molecule has 0 nitrogen and oxygen atoms in total. The Labute approximate surface area is 124 Å². The average molecular weight is 327 g/mol. The first-order valence-electron chi connectivity index (χ1n) is 4.68. The lowest BCUT2D eigenvalue weighted by Gasteiger charge is -2.27. The predicted octanol–water partition coefficient (Wildman–Crippen LogP) is 5.64. The summed E-state index contributed by atoms with van der Waals surface area (Å²) < 4.78 is -3.46. The van der Waals surface area contributed by atoms with Gasteiger partial charge in [0.25, 0.3) is 0 Å². The number of hydrogen-bond donors (Lipinski definition) is 0. The molecule has 0 heterocycles. The SMILES string of the molecule is ClC(Cl)(Cl)C(Cl)(Cl)c1[c]c2ccccc2cc1. The van der Waals surface area contributed by atoms with E-state index in [0.29, 0.717) is 5.56 Å². The van der Waals surface area contributed by atoms with Gasteiger partial charge in [-0.2, -0.15) is 0 Å². The molecule has 0 N–H and O–H groups in total. The van der Waals surface area contributed by atoms with Crippen LogP contribution in [-0.2, 0) is 4.33 Å². The van der Waals surface area contributed by atoms with Crippen molar-refractivity contribution >= 4 is 68.8 Å². The quantitative estimate of drug-likeness (QED) is 0.595. The molecule has 0 fully saturated rings. The first-order chi connectivity index (χ1) is 7.82. The van der Waals surface area contributed by atoms with Crippen molar-refractivity contribution in [3.8, 4) is 0 Å². The van der Waals surface area contributed by atoms with Gasteiger partial charge in [-0.25, -0.2) is 0 Å². The second kappa shape index (κ2) is 4.68. The van der Waals surface area contributed by atoms with E-state index in [1.54, 1.807) is 6.07 Å². The molecule has 0 atom stereocenters. The number of halogens is 5. The van der Waals surface area contributed by atoms with Crippen LogP contribution in [0.15, 0.2) is 36.4 Å². The molecular weight excluding hydrogens is 321 g/mol. The van der Waals surface area contributed by atoms with Crippen molar-refractivity contribution in [3.63, 3.8) is 0 Å². The molecule has 0 amide bonds. The molecule has 2 rings (SSSR count). The van der Waals surface area contributed by atoms with Crippen molar-refractivity contribution in [1.82, 2.24) is 0 Å². The van der Waals surface area contributed by atoms with Crippen molar-refractivity contribution in [2.45, 2.75) is 8.13 Å². The van der Waals surface area contributed by atoms with E-state index in [1.807, 2.05) is 30.3 Å². The maximum Gasteiger partial charge on any atom is 0.227 e.